The second-order valence-electron chi connectivity index (χ2n) is 6.09. The number of carbonyl (C=O) groups excluding carboxylic acids is 1. The number of amides is 1. The van der Waals surface area contributed by atoms with Crippen molar-refractivity contribution in [3.63, 3.8) is 0 Å². The molecule has 0 fully saturated rings. The predicted molar refractivity (Wildman–Crippen MR) is 103 cm³/mol. The first-order valence-corrected chi connectivity index (χ1v) is 8.38. The van der Waals surface area contributed by atoms with E-state index in [-0.39, 0.29) is 28.3 Å². The number of ether oxygens (including phenoxy) is 1. The van der Waals surface area contributed by atoms with Crippen LogP contribution in [0.15, 0.2) is 52.9 Å². The van der Waals surface area contributed by atoms with Gasteiger partial charge in [0.1, 0.15) is 11.5 Å². The van der Waals surface area contributed by atoms with Crippen LogP contribution in [-0.4, -0.2) is 29.0 Å². The molecule has 0 aliphatic rings. The number of benzene rings is 2. The first-order valence-electron chi connectivity index (χ1n) is 8.38. The van der Waals surface area contributed by atoms with E-state index in [0.29, 0.717) is 17.0 Å². The van der Waals surface area contributed by atoms with Crippen LogP contribution in [0.2, 0.25) is 0 Å². The molecule has 0 unspecified atom stereocenters. The number of carbonyl (C=O) groups is 2. The highest BCUT2D eigenvalue weighted by molar-refractivity contribution is 6.03. The topological polar surface area (TPSA) is 132 Å². The number of nitro benzene ring substituents is 1. The van der Waals surface area contributed by atoms with Crippen LogP contribution in [0.25, 0.3) is 11.3 Å². The van der Waals surface area contributed by atoms with Crippen molar-refractivity contribution in [3.05, 3.63) is 75.5 Å². The van der Waals surface area contributed by atoms with E-state index in [1.807, 2.05) is 0 Å². The highest BCUT2D eigenvalue weighted by atomic mass is 16.6. The summed E-state index contributed by atoms with van der Waals surface area (Å²) in [4.78, 5) is 34.4. The summed E-state index contributed by atoms with van der Waals surface area (Å²) in [5, 5.41) is 23.0. The lowest BCUT2D eigenvalue weighted by atomic mass is 10.1. The number of nitro groups is 1. The summed E-state index contributed by atoms with van der Waals surface area (Å²) < 4.78 is 10.5. The molecule has 148 valence electrons. The van der Waals surface area contributed by atoms with Crippen LogP contribution < -0.4 is 10.1 Å². The fourth-order valence-corrected chi connectivity index (χ4v) is 2.68. The third-order valence-electron chi connectivity index (χ3n) is 4.23. The van der Waals surface area contributed by atoms with E-state index in [0.717, 1.165) is 0 Å². The molecule has 1 heterocycles. The van der Waals surface area contributed by atoms with Gasteiger partial charge in [0.05, 0.1) is 29.2 Å². The van der Waals surface area contributed by atoms with Crippen LogP contribution in [-0.2, 0) is 0 Å². The number of hydrogen-bond donors (Lipinski definition) is 2. The lowest BCUT2D eigenvalue weighted by Gasteiger charge is -2.08. The van der Waals surface area contributed by atoms with Crippen LogP contribution in [0.5, 0.6) is 5.75 Å². The molecule has 9 heteroatoms. The number of aromatic carboxylic acids is 1. The second kappa shape index (κ2) is 7.85. The molecule has 29 heavy (non-hydrogen) atoms. The molecule has 9 nitrogen and oxygen atoms in total. The summed E-state index contributed by atoms with van der Waals surface area (Å²) in [6.45, 7) is 1.72. The van der Waals surface area contributed by atoms with Crippen molar-refractivity contribution in [3.8, 4) is 17.1 Å². The van der Waals surface area contributed by atoms with Gasteiger partial charge in [-0.1, -0.05) is 6.07 Å². The molecule has 0 spiro atoms. The standard InChI is InChI=1S/C20H16N2O7/c1-11-3-4-12(20(24)25)9-15(11)21-19(23)18-8-7-17(29-18)14-6-5-13(28-2)10-16(14)22(26)27/h3-10H,1-2H3,(H,21,23)(H,24,25). The van der Waals surface area contributed by atoms with Crippen LogP contribution in [0.4, 0.5) is 11.4 Å². The maximum atomic E-state index is 12.5. The molecule has 0 aliphatic heterocycles. The summed E-state index contributed by atoms with van der Waals surface area (Å²) in [5.74, 6) is -1.35. The number of aryl methyl sites for hydroxylation is 1. The molecule has 3 aromatic rings. The van der Waals surface area contributed by atoms with E-state index < -0.39 is 16.8 Å². The van der Waals surface area contributed by atoms with E-state index >= 15 is 0 Å². The summed E-state index contributed by atoms with van der Waals surface area (Å²) in [6, 6.07) is 11.5. The molecule has 0 aliphatic carbocycles. The van der Waals surface area contributed by atoms with Crippen LogP contribution in [0, 0.1) is 17.0 Å². The number of furan rings is 1. The maximum absolute atomic E-state index is 12.5. The third-order valence-corrected chi connectivity index (χ3v) is 4.23. The number of methoxy groups -OCH3 is 1. The van der Waals surface area contributed by atoms with Crippen molar-refractivity contribution < 1.29 is 28.8 Å². The van der Waals surface area contributed by atoms with E-state index in [1.54, 1.807) is 19.1 Å². The Balaban J connectivity index is 1.89. The zero-order chi connectivity index (χ0) is 21.1. The van der Waals surface area contributed by atoms with Crippen molar-refractivity contribution >= 4 is 23.3 Å². The van der Waals surface area contributed by atoms with Gasteiger partial charge in [0.25, 0.3) is 11.6 Å². The molecular formula is C20H16N2O7. The molecule has 0 radical (unpaired) electrons. The van der Waals surface area contributed by atoms with Gasteiger partial charge in [-0.3, -0.25) is 14.9 Å². The Morgan fingerprint density at radius 1 is 1.14 bits per heavy atom. The minimum absolute atomic E-state index is 0.0277. The number of nitrogens with zero attached hydrogens (tertiary/aromatic N) is 1. The first-order chi connectivity index (χ1) is 13.8. The molecule has 0 saturated carbocycles. The number of nitrogens with one attached hydrogen (secondary N) is 1. The first kappa shape index (κ1) is 19.6. The highest BCUT2D eigenvalue weighted by Gasteiger charge is 2.21. The van der Waals surface area contributed by atoms with Gasteiger partial charge in [-0.05, 0) is 48.9 Å². The van der Waals surface area contributed by atoms with E-state index in [4.69, 9.17) is 14.3 Å². The summed E-state index contributed by atoms with van der Waals surface area (Å²) in [5.41, 5.74) is 0.985. The van der Waals surface area contributed by atoms with Gasteiger partial charge >= 0.3 is 5.97 Å². The number of hydrogen-bond acceptors (Lipinski definition) is 6. The molecule has 0 atom stereocenters. The van der Waals surface area contributed by atoms with E-state index in [9.17, 15) is 19.7 Å². The fraction of sp³-hybridized carbons (Fsp3) is 0.100. The smallest absolute Gasteiger partial charge is 0.335 e. The normalized spacial score (nSPS) is 10.4. The van der Waals surface area contributed by atoms with Gasteiger partial charge in [-0.25, -0.2) is 4.79 Å². The van der Waals surface area contributed by atoms with Crippen molar-refractivity contribution in [1.82, 2.24) is 0 Å². The monoisotopic (exact) mass is 396 g/mol. The van der Waals surface area contributed by atoms with Crippen molar-refractivity contribution in [2.75, 3.05) is 12.4 Å². The Morgan fingerprint density at radius 2 is 1.90 bits per heavy atom. The number of carboxylic acid groups (broad SMARTS) is 1. The molecule has 0 bridgehead atoms. The second-order valence-corrected chi connectivity index (χ2v) is 6.09. The summed E-state index contributed by atoms with van der Waals surface area (Å²) in [6.07, 6.45) is 0. The SMILES string of the molecule is COc1ccc(-c2ccc(C(=O)Nc3cc(C(=O)O)ccc3C)o2)c([N+](=O)[O-])c1. The molecule has 3 rings (SSSR count). The zero-order valence-corrected chi connectivity index (χ0v) is 15.5. The van der Waals surface area contributed by atoms with Crippen molar-refractivity contribution in [2.45, 2.75) is 6.92 Å². The summed E-state index contributed by atoms with van der Waals surface area (Å²) in [7, 11) is 1.40. The largest absolute Gasteiger partial charge is 0.497 e. The molecule has 0 saturated heterocycles. The number of rotatable bonds is 6. The highest BCUT2D eigenvalue weighted by Crippen LogP contribution is 2.34. The Bertz CT molecular complexity index is 1120. The van der Waals surface area contributed by atoms with Gasteiger partial charge in [-0.2, -0.15) is 0 Å². The van der Waals surface area contributed by atoms with E-state index in [1.165, 1.54) is 43.5 Å². The fourth-order valence-electron chi connectivity index (χ4n) is 2.68. The minimum Gasteiger partial charge on any atom is -0.497 e. The van der Waals surface area contributed by atoms with Gasteiger partial charge in [0.2, 0.25) is 0 Å². The number of carboxylic acids is 1. The van der Waals surface area contributed by atoms with Gasteiger partial charge in [0.15, 0.2) is 5.76 Å². The average Bonchev–Trinajstić information content (AvgIpc) is 3.19. The number of anilines is 1. The van der Waals surface area contributed by atoms with Crippen molar-refractivity contribution in [1.29, 1.82) is 0 Å². The third kappa shape index (κ3) is 4.08. The Morgan fingerprint density at radius 3 is 2.55 bits per heavy atom. The van der Waals surface area contributed by atoms with Gasteiger partial charge in [0, 0.05) is 5.69 Å². The van der Waals surface area contributed by atoms with Crippen LogP contribution >= 0.6 is 0 Å². The Labute approximate surface area is 164 Å². The minimum atomic E-state index is -1.12. The predicted octanol–water partition coefficient (Wildman–Crippen LogP) is 4.12. The average molecular weight is 396 g/mol. The Kier molecular flexibility index (Phi) is 5.31. The van der Waals surface area contributed by atoms with Crippen molar-refractivity contribution in [2.24, 2.45) is 0 Å². The maximum Gasteiger partial charge on any atom is 0.335 e. The quantitative estimate of drug-likeness (QED) is 0.473. The summed E-state index contributed by atoms with van der Waals surface area (Å²) >= 11 is 0. The van der Waals surface area contributed by atoms with E-state index in [2.05, 4.69) is 5.32 Å². The van der Waals surface area contributed by atoms with Crippen LogP contribution in [0.1, 0.15) is 26.5 Å². The molecule has 1 aromatic heterocycles. The molecular weight excluding hydrogens is 380 g/mol. The molecule has 2 aromatic carbocycles. The van der Waals surface area contributed by atoms with Crippen LogP contribution in [0.3, 0.4) is 0 Å². The van der Waals surface area contributed by atoms with Gasteiger partial charge < -0.3 is 19.6 Å². The Hall–Kier alpha value is -4.14. The zero-order valence-electron chi connectivity index (χ0n) is 15.5. The lowest BCUT2D eigenvalue weighted by Crippen LogP contribution is -2.12. The lowest BCUT2D eigenvalue weighted by molar-refractivity contribution is -0.384. The molecule has 2 N–H and O–H groups in total. The van der Waals surface area contributed by atoms with Gasteiger partial charge in [-0.15, -0.1) is 0 Å². The molecule has 1 amide bonds.